The van der Waals surface area contributed by atoms with Crippen molar-refractivity contribution in [3.8, 4) is 17.2 Å². The number of halogens is 1. The first-order chi connectivity index (χ1) is 19.9. The molecule has 214 valence electrons. The van der Waals surface area contributed by atoms with Crippen LogP contribution in [-0.2, 0) is 4.79 Å². The van der Waals surface area contributed by atoms with E-state index in [0.29, 0.717) is 22.9 Å². The van der Waals surface area contributed by atoms with E-state index in [0.717, 1.165) is 78.9 Å². The summed E-state index contributed by atoms with van der Waals surface area (Å²) in [6.45, 7) is 6.44. The average Bonchev–Trinajstić information content (AvgIpc) is 3.26. The minimum absolute atomic E-state index is 0.314. The van der Waals surface area contributed by atoms with Gasteiger partial charge in [0.05, 0.1) is 17.2 Å². The van der Waals surface area contributed by atoms with Crippen molar-refractivity contribution < 1.29 is 19.1 Å². The van der Waals surface area contributed by atoms with Crippen molar-refractivity contribution in [3.05, 3.63) is 87.7 Å². The van der Waals surface area contributed by atoms with Gasteiger partial charge in [-0.1, -0.05) is 28.1 Å². The third-order valence-electron chi connectivity index (χ3n) is 7.10. The fraction of sp³-hybridized carbons (Fsp3) is 0.312. The Labute approximate surface area is 254 Å². The fourth-order valence-electron chi connectivity index (χ4n) is 4.68. The highest BCUT2D eigenvalue weighted by Gasteiger charge is 2.36. The number of likely N-dealkylation sites (N-methyl/N-ethyl adjacent to an activating group) is 1. The molecule has 5 rings (SSSR count). The zero-order valence-electron chi connectivity index (χ0n) is 23.1. The molecule has 7 nitrogen and oxygen atoms in total. The van der Waals surface area contributed by atoms with Crippen LogP contribution in [0.2, 0.25) is 0 Å². The summed E-state index contributed by atoms with van der Waals surface area (Å²) in [5.41, 5.74) is 1.35. The Morgan fingerprint density at radius 3 is 2.12 bits per heavy atom. The summed E-state index contributed by atoms with van der Waals surface area (Å²) in [6.07, 6.45) is 5.05. The minimum Gasteiger partial charge on any atom is -0.494 e. The number of anilines is 1. The Hall–Kier alpha value is -3.11. The lowest BCUT2D eigenvalue weighted by Crippen LogP contribution is -2.44. The Balaban J connectivity index is 1.09. The number of hydrogen-bond donors (Lipinski definition) is 0. The van der Waals surface area contributed by atoms with Gasteiger partial charge in [-0.3, -0.25) is 9.59 Å². The van der Waals surface area contributed by atoms with Crippen molar-refractivity contribution in [1.82, 2.24) is 9.80 Å². The van der Waals surface area contributed by atoms with Gasteiger partial charge in [0.25, 0.3) is 11.1 Å². The molecule has 2 aliphatic heterocycles. The molecule has 2 heterocycles. The standard InChI is InChI=1S/C32H34BrN3O4S/c1-34-18-20-35(21-19-34)17-3-2-4-22-39-27-15-9-26(10-16-27)36-31(37)30(41-32(36)38)23-24-5-11-28(12-6-24)40-29-13-7-25(33)8-14-29/h5-16,23H,2-4,17-22H2,1H3/b30-23-. The molecule has 2 fully saturated rings. The number of carbonyl (C=O) groups is 2. The van der Waals surface area contributed by atoms with E-state index in [1.54, 1.807) is 18.2 Å². The number of ether oxygens (including phenoxy) is 2. The third kappa shape index (κ3) is 8.23. The van der Waals surface area contributed by atoms with Crippen molar-refractivity contribution in [3.63, 3.8) is 0 Å². The molecule has 2 aliphatic rings. The van der Waals surface area contributed by atoms with Crippen LogP contribution in [0.4, 0.5) is 10.5 Å². The van der Waals surface area contributed by atoms with E-state index in [2.05, 4.69) is 32.8 Å². The number of hydrogen-bond acceptors (Lipinski definition) is 7. The Bertz CT molecular complexity index is 1360. The predicted octanol–water partition coefficient (Wildman–Crippen LogP) is 7.28. The molecule has 0 aromatic heterocycles. The summed E-state index contributed by atoms with van der Waals surface area (Å²) in [5.74, 6) is 1.82. The van der Waals surface area contributed by atoms with E-state index >= 15 is 0 Å². The summed E-state index contributed by atoms with van der Waals surface area (Å²) in [6, 6.07) is 22.1. The second kappa shape index (κ2) is 14.2. The maximum atomic E-state index is 13.1. The molecule has 0 radical (unpaired) electrons. The fourth-order valence-corrected chi connectivity index (χ4v) is 5.79. The van der Waals surface area contributed by atoms with E-state index in [1.165, 1.54) is 11.3 Å². The second-order valence-electron chi connectivity index (χ2n) is 10.2. The predicted molar refractivity (Wildman–Crippen MR) is 169 cm³/mol. The number of piperazine rings is 1. The van der Waals surface area contributed by atoms with E-state index in [1.807, 2.05) is 60.7 Å². The van der Waals surface area contributed by atoms with Crippen molar-refractivity contribution in [1.29, 1.82) is 0 Å². The van der Waals surface area contributed by atoms with E-state index in [-0.39, 0.29) is 11.1 Å². The SMILES string of the molecule is CN1CCN(CCCCCOc2ccc(N3C(=O)S/C(=C\c4ccc(Oc5ccc(Br)cc5)cc4)C3=O)cc2)CC1. The molecule has 2 amide bonds. The van der Waals surface area contributed by atoms with Crippen LogP contribution in [-0.4, -0.2) is 67.3 Å². The first kappa shape index (κ1) is 29.4. The monoisotopic (exact) mass is 635 g/mol. The van der Waals surface area contributed by atoms with Crippen molar-refractivity contribution in [2.75, 3.05) is 51.3 Å². The number of carbonyl (C=O) groups excluding carboxylic acids is 2. The van der Waals surface area contributed by atoms with Gasteiger partial charge in [0, 0.05) is 30.7 Å². The lowest BCUT2D eigenvalue weighted by molar-refractivity contribution is -0.113. The molecule has 0 atom stereocenters. The maximum Gasteiger partial charge on any atom is 0.298 e. The van der Waals surface area contributed by atoms with Crippen LogP contribution in [0.5, 0.6) is 17.2 Å². The molecule has 0 aliphatic carbocycles. The highest BCUT2D eigenvalue weighted by molar-refractivity contribution is 9.10. The zero-order valence-corrected chi connectivity index (χ0v) is 25.5. The van der Waals surface area contributed by atoms with Gasteiger partial charge in [0.1, 0.15) is 17.2 Å². The summed E-state index contributed by atoms with van der Waals surface area (Å²) < 4.78 is 12.7. The number of imide groups is 1. The van der Waals surface area contributed by atoms with Crippen LogP contribution in [0.25, 0.3) is 6.08 Å². The van der Waals surface area contributed by atoms with Crippen LogP contribution in [0.3, 0.4) is 0 Å². The quantitative estimate of drug-likeness (QED) is 0.162. The molecule has 9 heteroatoms. The molecule has 2 saturated heterocycles. The van der Waals surface area contributed by atoms with Crippen molar-refractivity contribution >= 4 is 50.6 Å². The average molecular weight is 637 g/mol. The molecule has 3 aromatic rings. The Morgan fingerprint density at radius 1 is 0.805 bits per heavy atom. The smallest absolute Gasteiger partial charge is 0.298 e. The lowest BCUT2D eigenvalue weighted by Gasteiger charge is -2.32. The van der Waals surface area contributed by atoms with Gasteiger partial charge in [-0.25, -0.2) is 4.90 Å². The van der Waals surface area contributed by atoms with Gasteiger partial charge in [-0.2, -0.15) is 0 Å². The molecular formula is C32H34BrN3O4S. The topological polar surface area (TPSA) is 62.3 Å². The van der Waals surface area contributed by atoms with Crippen LogP contribution >= 0.6 is 27.7 Å². The largest absolute Gasteiger partial charge is 0.494 e. The highest BCUT2D eigenvalue weighted by Crippen LogP contribution is 2.36. The Kier molecular flexibility index (Phi) is 10.2. The lowest BCUT2D eigenvalue weighted by atomic mass is 10.2. The molecule has 0 spiro atoms. The van der Waals surface area contributed by atoms with Crippen LogP contribution < -0.4 is 14.4 Å². The van der Waals surface area contributed by atoms with Gasteiger partial charge < -0.3 is 19.3 Å². The van der Waals surface area contributed by atoms with E-state index < -0.39 is 0 Å². The Morgan fingerprint density at radius 2 is 1.44 bits per heavy atom. The zero-order chi connectivity index (χ0) is 28.6. The normalized spacial score (nSPS) is 17.4. The first-order valence-corrected chi connectivity index (χ1v) is 15.5. The number of thioether (sulfide) groups is 1. The maximum absolute atomic E-state index is 13.1. The first-order valence-electron chi connectivity index (χ1n) is 13.9. The summed E-state index contributed by atoms with van der Waals surface area (Å²) in [5, 5.41) is -0.314. The summed E-state index contributed by atoms with van der Waals surface area (Å²) >= 11 is 4.35. The molecule has 0 saturated carbocycles. The van der Waals surface area contributed by atoms with E-state index in [4.69, 9.17) is 9.47 Å². The second-order valence-corrected chi connectivity index (χ2v) is 12.1. The summed E-state index contributed by atoms with van der Waals surface area (Å²) in [7, 11) is 2.18. The molecule has 0 bridgehead atoms. The molecule has 3 aromatic carbocycles. The minimum atomic E-state index is -0.329. The highest BCUT2D eigenvalue weighted by atomic mass is 79.9. The van der Waals surface area contributed by atoms with Crippen molar-refractivity contribution in [2.45, 2.75) is 19.3 Å². The number of unbranched alkanes of at least 4 members (excludes halogenated alkanes) is 2. The van der Waals surface area contributed by atoms with Gasteiger partial charge in [-0.15, -0.1) is 0 Å². The molecular weight excluding hydrogens is 602 g/mol. The molecule has 0 unspecified atom stereocenters. The van der Waals surface area contributed by atoms with Gasteiger partial charge in [0.15, 0.2) is 0 Å². The molecule has 0 N–H and O–H groups in total. The number of benzene rings is 3. The number of amides is 2. The van der Waals surface area contributed by atoms with Crippen LogP contribution in [0, 0.1) is 0 Å². The van der Waals surface area contributed by atoms with Crippen LogP contribution in [0.1, 0.15) is 24.8 Å². The van der Waals surface area contributed by atoms with Crippen LogP contribution in [0.15, 0.2) is 82.2 Å². The van der Waals surface area contributed by atoms with Gasteiger partial charge >= 0.3 is 0 Å². The van der Waals surface area contributed by atoms with Crippen molar-refractivity contribution in [2.24, 2.45) is 0 Å². The van der Waals surface area contributed by atoms with E-state index in [9.17, 15) is 9.59 Å². The number of nitrogens with zero attached hydrogens (tertiary/aromatic N) is 3. The summed E-state index contributed by atoms with van der Waals surface area (Å²) in [4.78, 5) is 32.3. The van der Waals surface area contributed by atoms with Gasteiger partial charge in [-0.05, 0) is 117 Å². The van der Waals surface area contributed by atoms with Gasteiger partial charge in [0.2, 0.25) is 0 Å². The molecule has 41 heavy (non-hydrogen) atoms. The third-order valence-corrected chi connectivity index (χ3v) is 8.50. The number of rotatable bonds is 11.